The van der Waals surface area contributed by atoms with Crippen molar-refractivity contribution in [1.82, 2.24) is 0 Å². The van der Waals surface area contributed by atoms with Crippen LogP contribution < -0.4 is 0 Å². The lowest BCUT2D eigenvalue weighted by atomic mass is 9.64. The Morgan fingerprint density at radius 2 is 2.11 bits per heavy atom. The molecule has 0 spiro atoms. The van der Waals surface area contributed by atoms with Crippen LogP contribution in [0.4, 0.5) is 0 Å². The van der Waals surface area contributed by atoms with Gasteiger partial charge in [-0.1, -0.05) is 13.5 Å². The smallest absolute Gasteiger partial charge is 0.330 e. The minimum atomic E-state index is -0.226. The first-order valence-electron chi connectivity index (χ1n) is 7.45. The van der Waals surface area contributed by atoms with Crippen LogP contribution in [0, 0.1) is 35.0 Å². The van der Waals surface area contributed by atoms with Crippen molar-refractivity contribution in [2.45, 2.75) is 45.1 Å². The molecule has 2 heteroatoms. The molecule has 2 nitrogen and oxygen atoms in total. The maximum atomic E-state index is 11.5. The normalized spacial score (nSPS) is 55.6. The Labute approximate surface area is 109 Å². The van der Waals surface area contributed by atoms with Crippen LogP contribution in [0.2, 0.25) is 0 Å². The second kappa shape index (κ2) is 3.40. The van der Waals surface area contributed by atoms with E-state index in [4.69, 9.17) is 4.74 Å². The number of rotatable bonds is 2. The Hall–Kier alpha value is -0.790. The van der Waals surface area contributed by atoms with Crippen LogP contribution in [0.15, 0.2) is 12.7 Å². The molecule has 0 N–H and O–H groups in total. The largest absolute Gasteiger partial charge is 0.459 e. The van der Waals surface area contributed by atoms with Crippen molar-refractivity contribution >= 4 is 5.97 Å². The predicted octanol–water partition coefficient (Wildman–Crippen LogP) is 3.18. The maximum absolute atomic E-state index is 11.5. The van der Waals surface area contributed by atoms with Crippen LogP contribution in [0.25, 0.3) is 0 Å². The van der Waals surface area contributed by atoms with Crippen molar-refractivity contribution in [3.63, 3.8) is 0 Å². The molecule has 0 aromatic rings. The Bertz CT molecular complexity index is 415. The summed E-state index contributed by atoms with van der Waals surface area (Å²) in [6, 6.07) is 0. The van der Waals surface area contributed by atoms with Crippen LogP contribution in [0.5, 0.6) is 0 Å². The highest BCUT2D eigenvalue weighted by Gasteiger charge is 2.67. The third kappa shape index (κ3) is 1.22. The third-order valence-electron chi connectivity index (χ3n) is 6.56. The molecule has 4 saturated carbocycles. The monoisotopic (exact) mass is 246 g/mol. The first kappa shape index (κ1) is 11.1. The van der Waals surface area contributed by atoms with E-state index < -0.39 is 0 Å². The van der Waals surface area contributed by atoms with Gasteiger partial charge in [-0.15, -0.1) is 0 Å². The molecule has 0 aliphatic heterocycles. The Balaban J connectivity index is 1.61. The summed E-state index contributed by atoms with van der Waals surface area (Å²) in [6.45, 7) is 5.96. The number of carbonyl (C=O) groups excluding carboxylic acids is 1. The minimum absolute atomic E-state index is 0.182. The van der Waals surface area contributed by atoms with E-state index in [0.29, 0.717) is 11.3 Å². The quantitative estimate of drug-likeness (QED) is 0.425. The summed E-state index contributed by atoms with van der Waals surface area (Å²) in [4.78, 5) is 11.5. The molecular formula is C16H22O2. The van der Waals surface area contributed by atoms with E-state index in [1.54, 1.807) is 0 Å². The molecule has 4 bridgehead atoms. The molecule has 18 heavy (non-hydrogen) atoms. The molecule has 0 amide bonds. The zero-order valence-corrected chi connectivity index (χ0v) is 11.1. The van der Waals surface area contributed by atoms with Crippen LogP contribution in [-0.4, -0.2) is 12.1 Å². The molecular weight excluding hydrogens is 224 g/mol. The summed E-state index contributed by atoms with van der Waals surface area (Å²) in [5.74, 6) is 4.17. The van der Waals surface area contributed by atoms with E-state index in [1.807, 2.05) is 0 Å². The van der Waals surface area contributed by atoms with E-state index in [2.05, 4.69) is 13.5 Å². The number of carbonyl (C=O) groups is 1. The Kier molecular flexibility index (Phi) is 2.09. The van der Waals surface area contributed by atoms with Gasteiger partial charge in [0.2, 0.25) is 0 Å². The van der Waals surface area contributed by atoms with Crippen molar-refractivity contribution < 1.29 is 9.53 Å². The molecule has 0 heterocycles. The topological polar surface area (TPSA) is 26.3 Å². The van der Waals surface area contributed by atoms with Crippen LogP contribution >= 0.6 is 0 Å². The highest BCUT2D eigenvalue weighted by atomic mass is 16.5. The van der Waals surface area contributed by atoms with Crippen LogP contribution in [-0.2, 0) is 9.53 Å². The van der Waals surface area contributed by atoms with Crippen LogP contribution in [0.3, 0.4) is 0 Å². The van der Waals surface area contributed by atoms with Gasteiger partial charge in [0.25, 0.3) is 0 Å². The van der Waals surface area contributed by atoms with Crippen molar-refractivity contribution in [3.8, 4) is 0 Å². The fourth-order valence-electron chi connectivity index (χ4n) is 6.33. The van der Waals surface area contributed by atoms with Crippen molar-refractivity contribution in [2.75, 3.05) is 0 Å². The second-order valence-corrected chi connectivity index (χ2v) is 7.34. The highest BCUT2D eigenvalue weighted by Crippen LogP contribution is 2.72. The predicted molar refractivity (Wildman–Crippen MR) is 68.7 cm³/mol. The molecule has 4 fully saturated rings. The maximum Gasteiger partial charge on any atom is 0.330 e. The molecule has 7 unspecified atom stereocenters. The van der Waals surface area contributed by atoms with E-state index in [9.17, 15) is 4.79 Å². The molecule has 0 aromatic heterocycles. The fraction of sp³-hybridized carbons (Fsp3) is 0.812. The standard InChI is InChI=1S/C16H22O2/c1-3-13(17)18-12-8-16(2)7-11(12)14-9-4-5-10(6-9)15(14)16/h3,9-12,14-15H,1,4-8H2,2H3. The third-order valence-corrected chi connectivity index (χ3v) is 6.56. The number of ether oxygens (including phenoxy) is 1. The second-order valence-electron chi connectivity index (χ2n) is 7.34. The first-order valence-corrected chi connectivity index (χ1v) is 7.45. The van der Waals surface area contributed by atoms with Gasteiger partial charge >= 0.3 is 5.97 Å². The number of fused-ring (bicyclic) bond motifs is 9. The molecule has 98 valence electrons. The van der Waals surface area contributed by atoms with E-state index in [1.165, 1.54) is 31.8 Å². The SMILES string of the molecule is C=CC(=O)OC1CC2(C)CC1C1C3CCC(C3)C12. The fourth-order valence-corrected chi connectivity index (χ4v) is 6.33. The molecule has 7 atom stereocenters. The van der Waals surface area contributed by atoms with Gasteiger partial charge in [-0.2, -0.15) is 0 Å². The summed E-state index contributed by atoms with van der Waals surface area (Å²) in [7, 11) is 0. The number of hydrogen-bond acceptors (Lipinski definition) is 2. The van der Waals surface area contributed by atoms with Gasteiger partial charge in [-0.3, -0.25) is 0 Å². The molecule has 4 rings (SSSR count). The average molecular weight is 246 g/mol. The molecule has 4 aliphatic carbocycles. The van der Waals surface area contributed by atoms with E-state index in [-0.39, 0.29) is 12.1 Å². The van der Waals surface area contributed by atoms with Gasteiger partial charge in [-0.05, 0) is 67.1 Å². The zero-order chi connectivity index (χ0) is 12.5. The lowest BCUT2D eigenvalue weighted by Crippen LogP contribution is -2.40. The Morgan fingerprint density at radius 1 is 1.33 bits per heavy atom. The van der Waals surface area contributed by atoms with Gasteiger partial charge in [0.05, 0.1) is 0 Å². The Morgan fingerprint density at radius 3 is 2.89 bits per heavy atom. The number of esters is 1. The zero-order valence-electron chi connectivity index (χ0n) is 11.1. The highest BCUT2D eigenvalue weighted by molar-refractivity contribution is 5.81. The average Bonchev–Trinajstić information content (AvgIpc) is 3.04. The van der Waals surface area contributed by atoms with Gasteiger partial charge in [-0.25, -0.2) is 4.79 Å². The molecule has 0 saturated heterocycles. The summed E-state index contributed by atoms with van der Waals surface area (Å²) in [5.41, 5.74) is 0.460. The van der Waals surface area contributed by atoms with Gasteiger partial charge in [0.15, 0.2) is 0 Å². The van der Waals surface area contributed by atoms with E-state index in [0.717, 1.165) is 30.1 Å². The first-order chi connectivity index (χ1) is 8.62. The van der Waals surface area contributed by atoms with Crippen molar-refractivity contribution in [1.29, 1.82) is 0 Å². The molecule has 4 aliphatic rings. The summed E-state index contributed by atoms with van der Waals surface area (Å²) >= 11 is 0. The van der Waals surface area contributed by atoms with Gasteiger partial charge < -0.3 is 4.74 Å². The van der Waals surface area contributed by atoms with Gasteiger partial charge in [0.1, 0.15) is 6.10 Å². The minimum Gasteiger partial charge on any atom is -0.459 e. The molecule has 0 aromatic carbocycles. The lowest BCUT2D eigenvalue weighted by molar-refractivity contribution is -0.148. The summed E-state index contributed by atoms with van der Waals surface area (Å²) in [6.07, 6.45) is 8.25. The van der Waals surface area contributed by atoms with Gasteiger partial charge in [0, 0.05) is 6.08 Å². The summed E-state index contributed by atoms with van der Waals surface area (Å²) < 4.78 is 5.62. The number of hydrogen-bond donors (Lipinski definition) is 0. The van der Waals surface area contributed by atoms with Crippen LogP contribution in [0.1, 0.15) is 39.0 Å². The van der Waals surface area contributed by atoms with Crippen molar-refractivity contribution in [3.05, 3.63) is 12.7 Å². The summed E-state index contributed by atoms with van der Waals surface area (Å²) in [5, 5.41) is 0. The van der Waals surface area contributed by atoms with E-state index >= 15 is 0 Å². The molecule has 0 radical (unpaired) electrons. The van der Waals surface area contributed by atoms with Crippen molar-refractivity contribution in [2.24, 2.45) is 35.0 Å². The lowest BCUT2D eigenvalue weighted by Gasteiger charge is -2.42.